The number of nitrogens with one attached hydrogen (secondary N) is 1. The lowest BCUT2D eigenvalue weighted by molar-refractivity contribution is -0.00846. The Labute approximate surface area is 165 Å². The maximum atomic E-state index is 5.47. The molecule has 0 spiro atoms. The number of likely N-dealkylation sites (tertiary alicyclic amines) is 1. The predicted molar refractivity (Wildman–Crippen MR) is 112 cm³/mol. The minimum atomic E-state index is 0. The highest BCUT2D eigenvalue weighted by molar-refractivity contribution is 14.0. The summed E-state index contributed by atoms with van der Waals surface area (Å²) in [4.78, 5) is 9.47. The van der Waals surface area contributed by atoms with Gasteiger partial charge in [0.25, 0.3) is 0 Å². The predicted octanol–water partition coefficient (Wildman–Crippen LogP) is 2.66. The molecular weight excluding hydrogens is 415 g/mol. The number of guanidine groups is 1. The smallest absolute Gasteiger partial charge is 0.193 e. The van der Waals surface area contributed by atoms with E-state index in [1.165, 1.54) is 12.8 Å². The van der Waals surface area contributed by atoms with Crippen molar-refractivity contribution < 1.29 is 4.74 Å². The number of halogens is 1. The Morgan fingerprint density at radius 1 is 1.25 bits per heavy atom. The van der Waals surface area contributed by atoms with Gasteiger partial charge in [0.05, 0.1) is 13.2 Å². The SMILES string of the molecule is CN=C(NCC(C)(C)N1CCOCC1)N1CCC(CC(C)C)C1.I. The molecule has 6 heteroatoms. The molecule has 142 valence electrons. The number of rotatable bonds is 5. The van der Waals surface area contributed by atoms with Gasteiger partial charge in [-0.3, -0.25) is 9.89 Å². The molecule has 2 saturated heterocycles. The molecule has 0 aromatic rings. The Morgan fingerprint density at radius 3 is 2.50 bits per heavy atom. The fourth-order valence-electron chi connectivity index (χ4n) is 3.79. The summed E-state index contributed by atoms with van der Waals surface area (Å²) >= 11 is 0. The van der Waals surface area contributed by atoms with Gasteiger partial charge in [-0.05, 0) is 38.5 Å². The lowest BCUT2D eigenvalue weighted by atomic mass is 9.97. The molecular formula is C18H37IN4O. The zero-order valence-electron chi connectivity index (χ0n) is 16.2. The van der Waals surface area contributed by atoms with Gasteiger partial charge in [-0.2, -0.15) is 0 Å². The summed E-state index contributed by atoms with van der Waals surface area (Å²) < 4.78 is 5.47. The Bertz CT molecular complexity index is 394. The minimum absolute atomic E-state index is 0. The molecule has 2 aliphatic rings. The quantitative estimate of drug-likeness (QED) is 0.396. The second-order valence-corrected chi connectivity index (χ2v) is 8.04. The number of hydrogen-bond acceptors (Lipinski definition) is 3. The van der Waals surface area contributed by atoms with E-state index < -0.39 is 0 Å². The van der Waals surface area contributed by atoms with Crippen LogP contribution < -0.4 is 5.32 Å². The molecule has 2 aliphatic heterocycles. The van der Waals surface area contributed by atoms with Crippen LogP contribution in [0.25, 0.3) is 0 Å². The third kappa shape index (κ3) is 6.33. The summed E-state index contributed by atoms with van der Waals surface area (Å²) in [5.74, 6) is 2.67. The van der Waals surface area contributed by atoms with E-state index in [-0.39, 0.29) is 29.5 Å². The average Bonchev–Trinajstić information content (AvgIpc) is 2.96. The molecule has 1 atom stereocenters. The number of aliphatic imine (C=N–C) groups is 1. The molecule has 2 rings (SSSR count). The number of nitrogens with zero attached hydrogens (tertiary/aromatic N) is 3. The molecule has 5 nitrogen and oxygen atoms in total. The van der Waals surface area contributed by atoms with E-state index >= 15 is 0 Å². The highest BCUT2D eigenvalue weighted by atomic mass is 127. The third-order valence-electron chi connectivity index (χ3n) is 5.15. The maximum Gasteiger partial charge on any atom is 0.193 e. The van der Waals surface area contributed by atoms with E-state index in [0.29, 0.717) is 0 Å². The van der Waals surface area contributed by atoms with Crippen LogP contribution in [-0.2, 0) is 4.74 Å². The summed E-state index contributed by atoms with van der Waals surface area (Å²) in [7, 11) is 1.90. The van der Waals surface area contributed by atoms with Crippen molar-refractivity contribution in [3.05, 3.63) is 0 Å². The fraction of sp³-hybridized carbons (Fsp3) is 0.944. The van der Waals surface area contributed by atoms with Crippen molar-refractivity contribution >= 4 is 29.9 Å². The van der Waals surface area contributed by atoms with E-state index in [1.807, 2.05) is 7.05 Å². The third-order valence-corrected chi connectivity index (χ3v) is 5.15. The Morgan fingerprint density at radius 2 is 1.92 bits per heavy atom. The van der Waals surface area contributed by atoms with Gasteiger partial charge in [-0.25, -0.2) is 0 Å². The topological polar surface area (TPSA) is 40.1 Å². The van der Waals surface area contributed by atoms with Crippen LogP contribution in [0.3, 0.4) is 0 Å². The summed E-state index contributed by atoms with van der Waals surface area (Å²) in [5, 5.41) is 3.62. The Balaban J connectivity index is 0.00000288. The highest BCUT2D eigenvalue weighted by Gasteiger charge is 2.30. The zero-order valence-corrected chi connectivity index (χ0v) is 18.5. The first-order chi connectivity index (χ1) is 10.9. The van der Waals surface area contributed by atoms with E-state index in [1.54, 1.807) is 0 Å². The number of morpholine rings is 1. The molecule has 0 aromatic heterocycles. The second kappa shape index (κ2) is 10.2. The molecule has 0 aliphatic carbocycles. The molecule has 0 saturated carbocycles. The van der Waals surface area contributed by atoms with Gasteiger partial charge >= 0.3 is 0 Å². The van der Waals surface area contributed by atoms with Crippen molar-refractivity contribution in [3.63, 3.8) is 0 Å². The summed E-state index contributed by atoms with van der Waals surface area (Å²) in [6, 6.07) is 0. The zero-order chi connectivity index (χ0) is 16.9. The van der Waals surface area contributed by atoms with Gasteiger partial charge in [-0.1, -0.05) is 13.8 Å². The van der Waals surface area contributed by atoms with Crippen LogP contribution >= 0.6 is 24.0 Å². The molecule has 24 heavy (non-hydrogen) atoms. The van der Waals surface area contributed by atoms with E-state index in [4.69, 9.17) is 4.74 Å². The summed E-state index contributed by atoms with van der Waals surface area (Å²) in [6.45, 7) is 16.2. The van der Waals surface area contributed by atoms with Gasteiger partial charge in [0.1, 0.15) is 0 Å². The van der Waals surface area contributed by atoms with Gasteiger partial charge in [-0.15, -0.1) is 24.0 Å². The van der Waals surface area contributed by atoms with Crippen molar-refractivity contribution in [2.24, 2.45) is 16.8 Å². The van der Waals surface area contributed by atoms with Crippen molar-refractivity contribution in [2.45, 2.75) is 46.1 Å². The van der Waals surface area contributed by atoms with Crippen LogP contribution in [0, 0.1) is 11.8 Å². The Kier molecular flexibility index (Phi) is 9.30. The van der Waals surface area contributed by atoms with E-state index in [0.717, 1.165) is 63.7 Å². The van der Waals surface area contributed by atoms with Crippen LogP contribution in [0.2, 0.25) is 0 Å². The summed E-state index contributed by atoms with van der Waals surface area (Å²) in [6.07, 6.45) is 2.62. The first-order valence-electron chi connectivity index (χ1n) is 9.21. The van der Waals surface area contributed by atoms with Crippen molar-refractivity contribution in [1.82, 2.24) is 15.1 Å². The van der Waals surface area contributed by atoms with Crippen LogP contribution in [0.1, 0.15) is 40.5 Å². The number of ether oxygens (including phenoxy) is 1. The van der Waals surface area contributed by atoms with Crippen molar-refractivity contribution in [1.29, 1.82) is 0 Å². The lowest BCUT2D eigenvalue weighted by Gasteiger charge is -2.41. The average molecular weight is 452 g/mol. The Hall–Kier alpha value is -0.0800. The largest absolute Gasteiger partial charge is 0.379 e. The number of hydrogen-bond donors (Lipinski definition) is 1. The normalized spacial score (nSPS) is 23.5. The molecule has 1 N–H and O–H groups in total. The molecule has 2 heterocycles. The first kappa shape index (κ1) is 22.0. The fourth-order valence-corrected chi connectivity index (χ4v) is 3.79. The first-order valence-corrected chi connectivity index (χ1v) is 9.21. The van der Waals surface area contributed by atoms with Crippen LogP contribution in [-0.4, -0.2) is 74.3 Å². The van der Waals surface area contributed by atoms with Gasteiger partial charge in [0.2, 0.25) is 0 Å². The summed E-state index contributed by atoms with van der Waals surface area (Å²) in [5.41, 5.74) is 0.122. The lowest BCUT2D eigenvalue weighted by Crippen LogP contribution is -2.56. The standard InChI is InChI=1S/C18H36N4O.HI/c1-15(2)12-16-6-7-21(13-16)17(19-5)20-14-18(3,4)22-8-10-23-11-9-22;/h15-16H,6-14H2,1-5H3,(H,19,20);1H. The molecule has 0 bridgehead atoms. The van der Waals surface area contributed by atoms with E-state index in [9.17, 15) is 0 Å². The maximum absolute atomic E-state index is 5.47. The van der Waals surface area contributed by atoms with Gasteiger partial charge in [0, 0.05) is 45.3 Å². The minimum Gasteiger partial charge on any atom is -0.379 e. The monoisotopic (exact) mass is 452 g/mol. The van der Waals surface area contributed by atoms with Gasteiger partial charge < -0.3 is 15.0 Å². The molecule has 1 unspecified atom stereocenters. The van der Waals surface area contributed by atoms with Gasteiger partial charge in [0.15, 0.2) is 5.96 Å². The molecule has 2 fully saturated rings. The van der Waals surface area contributed by atoms with Crippen LogP contribution in [0.5, 0.6) is 0 Å². The second-order valence-electron chi connectivity index (χ2n) is 8.04. The van der Waals surface area contributed by atoms with Crippen molar-refractivity contribution in [2.75, 3.05) is 53.0 Å². The highest BCUT2D eigenvalue weighted by Crippen LogP contribution is 2.23. The van der Waals surface area contributed by atoms with Crippen LogP contribution in [0.4, 0.5) is 0 Å². The van der Waals surface area contributed by atoms with Crippen LogP contribution in [0.15, 0.2) is 4.99 Å². The van der Waals surface area contributed by atoms with E-state index in [2.05, 4.69) is 47.8 Å². The molecule has 0 amide bonds. The van der Waals surface area contributed by atoms with Crippen molar-refractivity contribution in [3.8, 4) is 0 Å². The molecule has 0 aromatic carbocycles. The molecule has 0 radical (unpaired) electrons.